The lowest BCUT2D eigenvalue weighted by Crippen LogP contribution is -2.14. The molecule has 6 nitrogen and oxygen atoms in total. The minimum absolute atomic E-state index is 0.0241. The number of benzene rings is 2. The number of hydrogen-bond donors (Lipinski definition) is 2. The van der Waals surface area contributed by atoms with Crippen LogP contribution < -0.4 is 4.72 Å². The number of nitrogens with zero attached hydrogens (tertiary/aromatic N) is 1. The van der Waals surface area contributed by atoms with Crippen LogP contribution in [0.1, 0.15) is 10.5 Å². The zero-order valence-electron chi connectivity index (χ0n) is 12.7. The predicted octanol–water partition coefficient (Wildman–Crippen LogP) is 4.69. The maximum Gasteiger partial charge on any atom is 0.354 e. The van der Waals surface area contributed by atoms with E-state index < -0.39 is 16.0 Å². The molecule has 0 saturated carbocycles. The van der Waals surface area contributed by atoms with Crippen molar-refractivity contribution >= 4 is 67.4 Å². The smallest absolute Gasteiger partial charge is 0.354 e. The van der Waals surface area contributed by atoms with Gasteiger partial charge in [0.15, 0.2) is 5.69 Å². The molecule has 0 saturated heterocycles. The minimum atomic E-state index is -4.01. The van der Waals surface area contributed by atoms with Crippen LogP contribution in [-0.2, 0) is 10.0 Å². The zero-order valence-corrected chi connectivity index (χ0v) is 15.8. The van der Waals surface area contributed by atoms with Gasteiger partial charge in [-0.15, -0.1) is 0 Å². The highest BCUT2D eigenvalue weighted by Gasteiger charge is 2.20. The molecule has 0 fully saturated rings. The van der Waals surface area contributed by atoms with E-state index in [0.717, 1.165) is 6.07 Å². The van der Waals surface area contributed by atoms with Gasteiger partial charge in [-0.25, -0.2) is 18.2 Å². The van der Waals surface area contributed by atoms with Crippen LogP contribution in [0.5, 0.6) is 0 Å². The number of carboxylic acid groups (broad SMARTS) is 1. The van der Waals surface area contributed by atoms with Gasteiger partial charge in [-0.1, -0.05) is 34.8 Å². The Labute approximate surface area is 163 Å². The van der Waals surface area contributed by atoms with Crippen molar-refractivity contribution in [1.82, 2.24) is 4.98 Å². The number of pyridine rings is 1. The highest BCUT2D eigenvalue weighted by molar-refractivity contribution is 7.92. The van der Waals surface area contributed by atoms with Crippen LogP contribution in [-0.4, -0.2) is 24.5 Å². The van der Waals surface area contributed by atoms with Gasteiger partial charge in [-0.2, -0.15) is 0 Å². The van der Waals surface area contributed by atoms with Gasteiger partial charge in [-0.05, 0) is 42.5 Å². The van der Waals surface area contributed by atoms with Crippen LogP contribution >= 0.6 is 34.8 Å². The lowest BCUT2D eigenvalue weighted by molar-refractivity contribution is 0.0691. The predicted molar refractivity (Wildman–Crippen MR) is 101 cm³/mol. The fourth-order valence-electron chi connectivity index (χ4n) is 2.29. The number of carbonyl (C=O) groups is 1. The number of halogens is 3. The number of rotatable bonds is 4. The Kier molecular flexibility index (Phi) is 4.98. The molecule has 1 aromatic heterocycles. The summed E-state index contributed by atoms with van der Waals surface area (Å²) in [6.07, 6.45) is 0. The molecule has 0 radical (unpaired) electrons. The Morgan fingerprint density at radius 3 is 2.27 bits per heavy atom. The molecule has 0 unspecified atom stereocenters. The Hall–Kier alpha value is -2.06. The zero-order chi connectivity index (χ0) is 19.1. The number of anilines is 1. The second-order valence-corrected chi connectivity index (χ2v) is 8.16. The second kappa shape index (κ2) is 6.92. The Balaban J connectivity index is 2.20. The van der Waals surface area contributed by atoms with Crippen molar-refractivity contribution in [3.63, 3.8) is 0 Å². The number of nitrogens with one attached hydrogen (secondary N) is 1. The first-order chi connectivity index (χ1) is 12.2. The molecule has 1 heterocycles. The number of hydrogen-bond acceptors (Lipinski definition) is 4. The third kappa shape index (κ3) is 3.71. The number of fused-ring (bicyclic) bond motifs is 1. The quantitative estimate of drug-likeness (QED) is 0.624. The molecule has 0 aliphatic carbocycles. The first-order valence-electron chi connectivity index (χ1n) is 6.99. The summed E-state index contributed by atoms with van der Waals surface area (Å²) in [6, 6.07) is 9.41. The van der Waals surface area contributed by atoms with Crippen LogP contribution in [0.4, 0.5) is 5.69 Å². The molecule has 2 aromatic carbocycles. The molecule has 3 rings (SSSR count). The van der Waals surface area contributed by atoms with E-state index in [9.17, 15) is 18.3 Å². The van der Waals surface area contributed by atoms with E-state index in [1.165, 1.54) is 36.4 Å². The van der Waals surface area contributed by atoms with Crippen molar-refractivity contribution in [2.75, 3.05) is 4.72 Å². The van der Waals surface area contributed by atoms with Gasteiger partial charge < -0.3 is 5.11 Å². The third-order valence-electron chi connectivity index (χ3n) is 3.41. The molecule has 0 spiro atoms. The van der Waals surface area contributed by atoms with Gasteiger partial charge >= 0.3 is 5.97 Å². The van der Waals surface area contributed by atoms with Gasteiger partial charge in [-0.3, -0.25) is 4.72 Å². The summed E-state index contributed by atoms with van der Waals surface area (Å²) < 4.78 is 27.6. The van der Waals surface area contributed by atoms with E-state index in [1.807, 2.05) is 0 Å². The second-order valence-electron chi connectivity index (χ2n) is 5.20. The fraction of sp³-hybridized carbons (Fsp3) is 0. The number of sulfonamides is 1. The van der Waals surface area contributed by atoms with Crippen LogP contribution in [0.25, 0.3) is 10.9 Å². The molecule has 0 aliphatic rings. The fourth-order valence-corrected chi connectivity index (χ4v) is 4.07. The monoisotopic (exact) mass is 430 g/mol. The largest absolute Gasteiger partial charge is 0.477 e. The third-order valence-corrected chi connectivity index (χ3v) is 5.56. The molecule has 3 aromatic rings. The van der Waals surface area contributed by atoms with Gasteiger partial charge in [0.25, 0.3) is 10.0 Å². The molecular formula is C16H9Cl3N2O4S. The van der Waals surface area contributed by atoms with E-state index in [2.05, 4.69) is 9.71 Å². The van der Waals surface area contributed by atoms with Crippen molar-refractivity contribution in [3.8, 4) is 0 Å². The molecule has 0 amide bonds. The lowest BCUT2D eigenvalue weighted by Gasteiger charge is -2.13. The standard InChI is InChI=1S/C16H9Cl3N2O4S/c17-8-1-3-10(4-2-8)26(24,25)21-13-7-14(16(22)23)20-12-6-9(18)5-11(19)15(12)13/h1-7H,(H,20,21)(H,22,23). The van der Waals surface area contributed by atoms with Crippen molar-refractivity contribution in [1.29, 1.82) is 0 Å². The number of carboxylic acids is 1. The topological polar surface area (TPSA) is 96.4 Å². The van der Waals surface area contributed by atoms with E-state index in [-0.39, 0.29) is 37.2 Å². The Morgan fingerprint density at radius 1 is 1.00 bits per heavy atom. The maximum atomic E-state index is 12.6. The SMILES string of the molecule is O=C(O)c1cc(NS(=O)(=O)c2ccc(Cl)cc2)c2c(Cl)cc(Cl)cc2n1. The summed E-state index contributed by atoms with van der Waals surface area (Å²) in [7, 11) is -4.01. The Bertz CT molecular complexity index is 1130. The molecular weight excluding hydrogens is 423 g/mol. The van der Waals surface area contributed by atoms with Crippen LogP contribution in [0.2, 0.25) is 15.1 Å². The van der Waals surface area contributed by atoms with Crippen molar-refractivity contribution in [2.45, 2.75) is 4.90 Å². The van der Waals surface area contributed by atoms with Crippen LogP contribution in [0.3, 0.4) is 0 Å². The molecule has 0 bridgehead atoms. The highest BCUT2D eigenvalue weighted by atomic mass is 35.5. The summed E-state index contributed by atoms with van der Waals surface area (Å²) in [5.74, 6) is -1.32. The average Bonchev–Trinajstić information content (AvgIpc) is 2.53. The van der Waals surface area contributed by atoms with E-state index >= 15 is 0 Å². The minimum Gasteiger partial charge on any atom is -0.477 e. The maximum absolute atomic E-state index is 12.6. The summed E-state index contributed by atoms with van der Waals surface area (Å²) in [5, 5.41) is 10.2. The van der Waals surface area contributed by atoms with Crippen LogP contribution in [0, 0.1) is 0 Å². The van der Waals surface area contributed by atoms with Gasteiger partial charge in [0, 0.05) is 15.4 Å². The van der Waals surface area contributed by atoms with E-state index in [0.29, 0.717) is 5.02 Å². The van der Waals surface area contributed by atoms with Crippen molar-refractivity contribution in [3.05, 3.63) is 63.2 Å². The highest BCUT2D eigenvalue weighted by Crippen LogP contribution is 2.34. The number of aromatic carboxylic acids is 1. The average molecular weight is 432 g/mol. The van der Waals surface area contributed by atoms with Gasteiger partial charge in [0.05, 0.1) is 21.1 Å². The van der Waals surface area contributed by atoms with Crippen molar-refractivity contribution < 1.29 is 18.3 Å². The summed E-state index contributed by atoms with van der Waals surface area (Å²) in [4.78, 5) is 15.2. The van der Waals surface area contributed by atoms with Gasteiger partial charge in [0.2, 0.25) is 0 Å². The van der Waals surface area contributed by atoms with E-state index in [4.69, 9.17) is 34.8 Å². The summed E-state index contributed by atoms with van der Waals surface area (Å²) >= 11 is 17.9. The first kappa shape index (κ1) is 18.7. The molecule has 26 heavy (non-hydrogen) atoms. The first-order valence-corrected chi connectivity index (χ1v) is 9.60. The van der Waals surface area contributed by atoms with Crippen molar-refractivity contribution in [2.24, 2.45) is 0 Å². The molecule has 134 valence electrons. The summed E-state index contributed by atoms with van der Waals surface area (Å²) in [6.45, 7) is 0. The molecule has 2 N–H and O–H groups in total. The van der Waals surface area contributed by atoms with E-state index in [1.54, 1.807) is 0 Å². The lowest BCUT2D eigenvalue weighted by atomic mass is 10.1. The summed E-state index contributed by atoms with van der Waals surface area (Å²) in [5.41, 5.74) is -0.232. The van der Waals surface area contributed by atoms with Gasteiger partial charge in [0.1, 0.15) is 0 Å². The molecule has 0 aliphatic heterocycles. The van der Waals surface area contributed by atoms with Crippen LogP contribution in [0.15, 0.2) is 47.4 Å². The normalized spacial score (nSPS) is 11.5. The molecule has 0 atom stereocenters. The number of aromatic nitrogens is 1. The molecule has 10 heteroatoms. The Morgan fingerprint density at radius 2 is 1.65 bits per heavy atom.